The highest BCUT2D eigenvalue weighted by Crippen LogP contribution is 2.25. The summed E-state index contributed by atoms with van der Waals surface area (Å²) in [6, 6.07) is 32.2. The van der Waals surface area contributed by atoms with E-state index in [1.807, 2.05) is 65.6 Å². The van der Waals surface area contributed by atoms with Crippen LogP contribution >= 0.6 is 0 Å². The summed E-state index contributed by atoms with van der Waals surface area (Å²) in [5.41, 5.74) is 4.56. The minimum Gasteiger partial charge on any atom is -0.497 e. The van der Waals surface area contributed by atoms with Gasteiger partial charge in [-0.25, -0.2) is 4.79 Å². The Morgan fingerprint density at radius 1 is 0.806 bits per heavy atom. The number of ether oxygens (including phenoxy) is 1. The van der Waals surface area contributed by atoms with Gasteiger partial charge in [-0.15, -0.1) is 0 Å². The van der Waals surface area contributed by atoms with Crippen molar-refractivity contribution in [3.05, 3.63) is 125 Å². The van der Waals surface area contributed by atoms with Gasteiger partial charge in [0.15, 0.2) is 0 Å². The smallest absolute Gasteiger partial charge is 0.336 e. The molecule has 0 fully saturated rings. The van der Waals surface area contributed by atoms with E-state index in [4.69, 9.17) is 4.74 Å². The van der Waals surface area contributed by atoms with E-state index in [0.717, 1.165) is 24.0 Å². The third-order valence-electron chi connectivity index (χ3n) is 6.14. The van der Waals surface area contributed by atoms with E-state index < -0.39 is 5.97 Å². The second kappa shape index (κ2) is 11.8. The Bertz CT molecular complexity index is 1320. The zero-order chi connectivity index (χ0) is 25.3. The minimum absolute atomic E-state index is 0.0535. The molecule has 0 heterocycles. The highest BCUT2D eigenvalue weighted by molar-refractivity contribution is 5.96. The SMILES string of the molecule is COc1cccc(C(=O)N(CCCc2ccccc2)Cc2ccc(-c3ccccc3C(=O)O)cc2)c1. The van der Waals surface area contributed by atoms with Gasteiger partial charge in [0.25, 0.3) is 5.91 Å². The van der Waals surface area contributed by atoms with Gasteiger partial charge in [0, 0.05) is 18.7 Å². The molecule has 0 spiro atoms. The number of aryl methyl sites for hydroxylation is 1. The fourth-order valence-electron chi connectivity index (χ4n) is 4.24. The molecule has 0 aliphatic carbocycles. The minimum atomic E-state index is -0.955. The first kappa shape index (κ1) is 24.7. The lowest BCUT2D eigenvalue weighted by atomic mass is 9.98. The topological polar surface area (TPSA) is 66.8 Å². The summed E-state index contributed by atoms with van der Waals surface area (Å²) in [4.78, 5) is 26.9. The van der Waals surface area contributed by atoms with E-state index in [1.54, 1.807) is 37.4 Å². The first-order valence-corrected chi connectivity index (χ1v) is 11.9. The van der Waals surface area contributed by atoms with Crippen molar-refractivity contribution in [2.75, 3.05) is 13.7 Å². The molecule has 0 saturated carbocycles. The molecule has 4 rings (SSSR count). The summed E-state index contributed by atoms with van der Waals surface area (Å²) in [7, 11) is 1.59. The van der Waals surface area contributed by atoms with Crippen molar-refractivity contribution in [1.29, 1.82) is 0 Å². The molecular weight excluding hydrogens is 450 g/mol. The van der Waals surface area contributed by atoms with E-state index in [0.29, 0.717) is 30.0 Å². The number of carbonyl (C=O) groups is 2. The normalized spacial score (nSPS) is 10.6. The molecule has 4 aromatic carbocycles. The number of amides is 1. The first-order valence-electron chi connectivity index (χ1n) is 11.9. The Hall–Kier alpha value is -4.38. The predicted octanol–water partition coefficient (Wildman–Crippen LogP) is 6.34. The van der Waals surface area contributed by atoms with Crippen molar-refractivity contribution >= 4 is 11.9 Å². The molecule has 0 radical (unpaired) electrons. The van der Waals surface area contributed by atoms with Crippen LogP contribution in [0.1, 0.15) is 38.3 Å². The summed E-state index contributed by atoms with van der Waals surface area (Å²) in [5.74, 6) is -0.364. The molecule has 0 aliphatic rings. The van der Waals surface area contributed by atoms with E-state index in [1.165, 1.54) is 5.56 Å². The average molecular weight is 480 g/mol. The fourth-order valence-corrected chi connectivity index (χ4v) is 4.24. The third kappa shape index (κ3) is 6.19. The van der Waals surface area contributed by atoms with Crippen LogP contribution in [0.4, 0.5) is 0 Å². The maximum absolute atomic E-state index is 13.5. The van der Waals surface area contributed by atoms with Crippen LogP contribution in [0.15, 0.2) is 103 Å². The molecule has 4 aromatic rings. The lowest BCUT2D eigenvalue weighted by Gasteiger charge is -2.23. The van der Waals surface area contributed by atoms with Crippen LogP contribution in [0.3, 0.4) is 0 Å². The van der Waals surface area contributed by atoms with Gasteiger partial charge in [0.1, 0.15) is 5.75 Å². The molecule has 1 amide bonds. The van der Waals surface area contributed by atoms with Crippen LogP contribution in [0.5, 0.6) is 5.75 Å². The molecule has 0 unspecified atom stereocenters. The van der Waals surface area contributed by atoms with Crippen LogP contribution in [0.25, 0.3) is 11.1 Å². The van der Waals surface area contributed by atoms with E-state index >= 15 is 0 Å². The van der Waals surface area contributed by atoms with Gasteiger partial charge in [0.05, 0.1) is 12.7 Å². The lowest BCUT2D eigenvalue weighted by molar-refractivity contribution is 0.0696. The molecule has 0 saturated heterocycles. The summed E-state index contributed by atoms with van der Waals surface area (Å²) in [6.45, 7) is 1.06. The van der Waals surface area contributed by atoms with Gasteiger partial charge < -0.3 is 14.7 Å². The van der Waals surface area contributed by atoms with Crippen LogP contribution < -0.4 is 4.74 Å². The van der Waals surface area contributed by atoms with Crippen molar-refractivity contribution in [3.63, 3.8) is 0 Å². The lowest BCUT2D eigenvalue weighted by Crippen LogP contribution is -2.31. The van der Waals surface area contributed by atoms with Crippen molar-refractivity contribution < 1.29 is 19.4 Å². The Morgan fingerprint density at radius 3 is 2.25 bits per heavy atom. The average Bonchev–Trinajstić information content (AvgIpc) is 2.93. The molecule has 1 N–H and O–H groups in total. The number of carboxylic acids is 1. The zero-order valence-corrected chi connectivity index (χ0v) is 20.3. The second-order valence-corrected chi connectivity index (χ2v) is 8.60. The zero-order valence-electron chi connectivity index (χ0n) is 20.3. The predicted molar refractivity (Wildman–Crippen MR) is 141 cm³/mol. The number of carbonyl (C=O) groups excluding carboxylic acids is 1. The van der Waals surface area contributed by atoms with Gasteiger partial charge in [0.2, 0.25) is 0 Å². The first-order chi connectivity index (χ1) is 17.5. The molecule has 5 heteroatoms. The van der Waals surface area contributed by atoms with Crippen LogP contribution in [0, 0.1) is 0 Å². The standard InChI is InChI=1S/C31H29NO4/c1-36-27-13-7-12-26(21-27)30(33)32(20-8-11-23-9-3-2-4-10-23)22-24-16-18-25(19-17-24)28-14-5-6-15-29(28)31(34)35/h2-7,9-10,12-19,21H,8,11,20,22H2,1H3,(H,34,35). The molecular formula is C31H29NO4. The second-order valence-electron chi connectivity index (χ2n) is 8.60. The maximum atomic E-state index is 13.5. The highest BCUT2D eigenvalue weighted by Gasteiger charge is 2.17. The number of rotatable bonds is 10. The van der Waals surface area contributed by atoms with Gasteiger partial charge in [-0.3, -0.25) is 4.79 Å². The monoisotopic (exact) mass is 479 g/mol. The molecule has 36 heavy (non-hydrogen) atoms. The van der Waals surface area contributed by atoms with Gasteiger partial charge in [-0.05, 0) is 59.4 Å². The third-order valence-corrected chi connectivity index (χ3v) is 6.14. The van der Waals surface area contributed by atoms with E-state index in [9.17, 15) is 14.7 Å². The number of nitrogens with zero attached hydrogens (tertiary/aromatic N) is 1. The van der Waals surface area contributed by atoms with Crippen molar-refractivity contribution in [2.45, 2.75) is 19.4 Å². The summed E-state index contributed by atoms with van der Waals surface area (Å²) < 4.78 is 5.31. The Kier molecular flexibility index (Phi) is 8.14. The van der Waals surface area contributed by atoms with Gasteiger partial charge in [-0.2, -0.15) is 0 Å². The van der Waals surface area contributed by atoms with E-state index in [2.05, 4.69) is 12.1 Å². The Labute approximate surface area is 211 Å². The number of aromatic carboxylic acids is 1. The van der Waals surface area contributed by atoms with Gasteiger partial charge >= 0.3 is 5.97 Å². The van der Waals surface area contributed by atoms with Crippen molar-refractivity contribution in [2.24, 2.45) is 0 Å². The maximum Gasteiger partial charge on any atom is 0.336 e. The molecule has 0 atom stereocenters. The number of hydrogen-bond donors (Lipinski definition) is 1. The molecule has 0 aromatic heterocycles. The van der Waals surface area contributed by atoms with Crippen molar-refractivity contribution in [3.8, 4) is 16.9 Å². The molecule has 182 valence electrons. The molecule has 5 nitrogen and oxygen atoms in total. The number of carboxylic acid groups (broad SMARTS) is 1. The Morgan fingerprint density at radius 2 is 1.53 bits per heavy atom. The van der Waals surface area contributed by atoms with Gasteiger partial charge in [-0.1, -0.05) is 78.9 Å². The summed E-state index contributed by atoms with van der Waals surface area (Å²) in [6.07, 6.45) is 1.72. The number of benzene rings is 4. The molecule has 0 bridgehead atoms. The van der Waals surface area contributed by atoms with Crippen LogP contribution in [-0.2, 0) is 13.0 Å². The quantitative estimate of drug-likeness (QED) is 0.288. The highest BCUT2D eigenvalue weighted by atomic mass is 16.5. The fraction of sp³-hybridized carbons (Fsp3) is 0.161. The number of methoxy groups -OCH3 is 1. The Balaban J connectivity index is 1.54. The van der Waals surface area contributed by atoms with Crippen LogP contribution in [-0.4, -0.2) is 35.5 Å². The summed E-state index contributed by atoms with van der Waals surface area (Å²) in [5, 5.41) is 9.52. The largest absolute Gasteiger partial charge is 0.497 e. The van der Waals surface area contributed by atoms with Crippen LogP contribution in [0.2, 0.25) is 0 Å². The summed E-state index contributed by atoms with van der Waals surface area (Å²) >= 11 is 0. The number of hydrogen-bond acceptors (Lipinski definition) is 3. The van der Waals surface area contributed by atoms with E-state index in [-0.39, 0.29) is 11.5 Å². The van der Waals surface area contributed by atoms with Crippen molar-refractivity contribution in [1.82, 2.24) is 4.90 Å². The molecule has 0 aliphatic heterocycles.